The topological polar surface area (TPSA) is 66.2 Å². The van der Waals surface area contributed by atoms with E-state index in [1.165, 1.54) is 0 Å². The number of nitrogens with two attached hydrogens (primary N) is 1. The molecule has 1 aromatic rings. The monoisotopic (exact) mass is 184 g/mol. The SMILES string of the molecule is C[C@H](N)c1ccc(S(=O)[O-])cc1. The predicted octanol–water partition coefficient (Wildman–Crippen LogP) is 0.944. The molecule has 2 N–H and O–H groups in total. The van der Waals surface area contributed by atoms with Crippen LogP contribution in [0.25, 0.3) is 0 Å². The summed E-state index contributed by atoms with van der Waals surface area (Å²) in [7, 11) is 0. The van der Waals surface area contributed by atoms with Crippen molar-refractivity contribution < 1.29 is 8.76 Å². The fourth-order valence-corrected chi connectivity index (χ4v) is 1.24. The first kappa shape index (κ1) is 9.38. The summed E-state index contributed by atoms with van der Waals surface area (Å²) >= 11 is -2.14. The van der Waals surface area contributed by atoms with Crippen LogP contribution in [0.15, 0.2) is 29.2 Å². The summed E-state index contributed by atoms with van der Waals surface area (Å²) in [5, 5.41) is 0. The van der Waals surface area contributed by atoms with Gasteiger partial charge in [-0.25, -0.2) is 0 Å². The normalized spacial score (nSPS) is 15.6. The Morgan fingerprint density at radius 3 is 2.25 bits per heavy atom. The summed E-state index contributed by atoms with van der Waals surface area (Å²) in [6, 6.07) is 6.47. The highest BCUT2D eigenvalue weighted by atomic mass is 32.2. The van der Waals surface area contributed by atoms with E-state index in [1.807, 2.05) is 6.92 Å². The van der Waals surface area contributed by atoms with Crippen LogP contribution in [-0.2, 0) is 11.1 Å². The van der Waals surface area contributed by atoms with Gasteiger partial charge in [0.25, 0.3) is 0 Å². The Hall–Kier alpha value is -0.710. The molecule has 1 rings (SSSR count). The molecule has 1 aromatic carbocycles. The number of hydrogen-bond acceptors (Lipinski definition) is 3. The minimum absolute atomic E-state index is 0.0564. The number of hydrogen-bond donors (Lipinski definition) is 1. The average molecular weight is 184 g/mol. The molecule has 0 heterocycles. The third-order valence-electron chi connectivity index (χ3n) is 1.60. The highest BCUT2D eigenvalue weighted by Crippen LogP contribution is 2.12. The Bertz CT molecular complexity index is 282. The van der Waals surface area contributed by atoms with Gasteiger partial charge in [0.15, 0.2) is 0 Å². The van der Waals surface area contributed by atoms with Crippen molar-refractivity contribution >= 4 is 11.1 Å². The Labute approximate surface area is 73.9 Å². The Balaban J connectivity index is 2.93. The van der Waals surface area contributed by atoms with Crippen LogP contribution in [0.3, 0.4) is 0 Å². The second-order valence-electron chi connectivity index (χ2n) is 2.59. The van der Waals surface area contributed by atoms with E-state index in [0.717, 1.165) is 5.56 Å². The van der Waals surface area contributed by atoms with Gasteiger partial charge in [0.2, 0.25) is 0 Å². The molecule has 2 atom stereocenters. The predicted molar refractivity (Wildman–Crippen MR) is 46.2 cm³/mol. The zero-order chi connectivity index (χ0) is 9.14. The quantitative estimate of drug-likeness (QED) is 0.696. The molecule has 0 aromatic heterocycles. The lowest BCUT2D eigenvalue weighted by Crippen LogP contribution is -2.04. The van der Waals surface area contributed by atoms with E-state index < -0.39 is 11.1 Å². The molecule has 0 radical (unpaired) electrons. The zero-order valence-electron chi connectivity index (χ0n) is 6.69. The Morgan fingerprint density at radius 1 is 1.42 bits per heavy atom. The lowest BCUT2D eigenvalue weighted by Gasteiger charge is -2.08. The van der Waals surface area contributed by atoms with E-state index >= 15 is 0 Å². The van der Waals surface area contributed by atoms with Crippen molar-refractivity contribution in [2.24, 2.45) is 5.73 Å². The summed E-state index contributed by atoms with van der Waals surface area (Å²) in [4.78, 5) is 0.291. The van der Waals surface area contributed by atoms with E-state index in [9.17, 15) is 8.76 Å². The fourth-order valence-electron chi connectivity index (χ4n) is 0.882. The van der Waals surface area contributed by atoms with Crippen LogP contribution < -0.4 is 5.73 Å². The summed E-state index contributed by atoms with van der Waals surface area (Å²) < 4.78 is 20.9. The molecule has 0 aliphatic heterocycles. The molecule has 66 valence electrons. The second kappa shape index (κ2) is 3.80. The molecular formula is C8H10NO2S-. The van der Waals surface area contributed by atoms with Gasteiger partial charge in [-0.3, -0.25) is 4.21 Å². The zero-order valence-corrected chi connectivity index (χ0v) is 7.51. The molecule has 12 heavy (non-hydrogen) atoms. The summed E-state index contributed by atoms with van der Waals surface area (Å²) in [6.45, 7) is 1.85. The number of benzene rings is 1. The Kier molecular flexibility index (Phi) is 2.97. The third kappa shape index (κ3) is 2.14. The van der Waals surface area contributed by atoms with Crippen molar-refractivity contribution in [1.29, 1.82) is 0 Å². The van der Waals surface area contributed by atoms with E-state index in [0.29, 0.717) is 4.90 Å². The molecule has 4 heteroatoms. The minimum Gasteiger partial charge on any atom is -0.768 e. The van der Waals surface area contributed by atoms with Gasteiger partial charge in [0.05, 0.1) is 0 Å². The van der Waals surface area contributed by atoms with Gasteiger partial charge >= 0.3 is 0 Å². The lowest BCUT2D eigenvalue weighted by atomic mass is 10.1. The molecular weight excluding hydrogens is 174 g/mol. The van der Waals surface area contributed by atoms with Crippen LogP contribution >= 0.6 is 0 Å². The first-order valence-corrected chi connectivity index (χ1v) is 4.63. The maximum Gasteiger partial charge on any atom is 0.0266 e. The molecule has 0 saturated heterocycles. The molecule has 0 spiro atoms. The molecule has 0 saturated carbocycles. The van der Waals surface area contributed by atoms with Crippen molar-refractivity contribution in [3.63, 3.8) is 0 Å². The molecule has 0 bridgehead atoms. The molecule has 0 fully saturated rings. The van der Waals surface area contributed by atoms with Crippen molar-refractivity contribution in [1.82, 2.24) is 0 Å². The highest BCUT2D eigenvalue weighted by molar-refractivity contribution is 7.79. The van der Waals surface area contributed by atoms with Crippen LogP contribution in [0.1, 0.15) is 18.5 Å². The van der Waals surface area contributed by atoms with Gasteiger partial charge in [0, 0.05) is 10.9 Å². The van der Waals surface area contributed by atoms with E-state index in [1.54, 1.807) is 24.3 Å². The average Bonchev–Trinajstić information content (AvgIpc) is 2.04. The van der Waals surface area contributed by atoms with E-state index in [-0.39, 0.29) is 6.04 Å². The first-order chi connectivity index (χ1) is 5.61. The third-order valence-corrected chi connectivity index (χ3v) is 2.26. The fraction of sp³-hybridized carbons (Fsp3) is 0.250. The molecule has 0 aliphatic rings. The van der Waals surface area contributed by atoms with Crippen LogP contribution in [0.5, 0.6) is 0 Å². The van der Waals surface area contributed by atoms with Crippen molar-refractivity contribution in [3.05, 3.63) is 29.8 Å². The van der Waals surface area contributed by atoms with E-state index in [4.69, 9.17) is 5.73 Å². The molecule has 3 nitrogen and oxygen atoms in total. The largest absolute Gasteiger partial charge is 0.768 e. The minimum atomic E-state index is -2.14. The van der Waals surface area contributed by atoms with Crippen LogP contribution in [0.2, 0.25) is 0 Å². The molecule has 0 amide bonds. The number of rotatable bonds is 2. The van der Waals surface area contributed by atoms with Crippen molar-refractivity contribution in [3.8, 4) is 0 Å². The molecule has 0 aliphatic carbocycles. The highest BCUT2D eigenvalue weighted by Gasteiger charge is 1.98. The molecule has 1 unspecified atom stereocenters. The Morgan fingerprint density at radius 2 is 1.92 bits per heavy atom. The summed E-state index contributed by atoms with van der Waals surface area (Å²) in [5.74, 6) is 0. The van der Waals surface area contributed by atoms with Gasteiger partial charge in [-0.2, -0.15) is 0 Å². The second-order valence-corrected chi connectivity index (χ2v) is 3.53. The lowest BCUT2D eigenvalue weighted by molar-refractivity contribution is 0.537. The van der Waals surface area contributed by atoms with E-state index in [2.05, 4.69) is 0 Å². The van der Waals surface area contributed by atoms with Crippen molar-refractivity contribution in [2.75, 3.05) is 0 Å². The summed E-state index contributed by atoms with van der Waals surface area (Å²) in [6.07, 6.45) is 0. The van der Waals surface area contributed by atoms with Crippen LogP contribution in [0.4, 0.5) is 0 Å². The smallest absolute Gasteiger partial charge is 0.0266 e. The van der Waals surface area contributed by atoms with Gasteiger partial charge in [-0.15, -0.1) is 0 Å². The maximum absolute atomic E-state index is 10.5. The first-order valence-electron chi connectivity index (χ1n) is 3.56. The standard InChI is InChI=1S/C8H11NO2S/c1-6(9)7-2-4-8(5-3-7)12(10)11/h2-6H,9H2,1H3,(H,10,11)/p-1/t6-/m0/s1. The van der Waals surface area contributed by atoms with Gasteiger partial charge in [0.1, 0.15) is 0 Å². The van der Waals surface area contributed by atoms with Crippen LogP contribution in [-0.4, -0.2) is 8.76 Å². The van der Waals surface area contributed by atoms with Gasteiger partial charge in [-0.1, -0.05) is 12.1 Å². The van der Waals surface area contributed by atoms with Crippen LogP contribution in [0, 0.1) is 0 Å². The van der Waals surface area contributed by atoms with Crippen molar-refractivity contribution in [2.45, 2.75) is 17.9 Å². The van der Waals surface area contributed by atoms with Gasteiger partial charge in [-0.05, 0) is 35.7 Å². The maximum atomic E-state index is 10.5. The van der Waals surface area contributed by atoms with Gasteiger partial charge < -0.3 is 10.3 Å². The summed E-state index contributed by atoms with van der Waals surface area (Å²) in [5.41, 5.74) is 6.52.